The third kappa shape index (κ3) is 4.80. The normalized spacial score (nSPS) is 18.4. The lowest BCUT2D eigenvalue weighted by Gasteiger charge is -2.37. The first kappa shape index (κ1) is 19.7. The van der Waals surface area contributed by atoms with E-state index in [1.165, 1.54) is 0 Å². The SMILES string of the molecule is CC(C)C(NC(=O)c1ccc(Cl)cc1)C(=O)N1CCN(C(=O)C2CC2)CC1. The highest BCUT2D eigenvalue weighted by atomic mass is 35.5. The Morgan fingerprint density at radius 1 is 1.00 bits per heavy atom. The molecule has 3 amide bonds. The summed E-state index contributed by atoms with van der Waals surface area (Å²) < 4.78 is 0. The molecule has 0 radical (unpaired) electrons. The quantitative estimate of drug-likeness (QED) is 0.836. The van der Waals surface area contributed by atoms with Gasteiger partial charge in [0.05, 0.1) is 0 Å². The maximum Gasteiger partial charge on any atom is 0.251 e. The summed E-state index contributed by atoms with van der Waals surface area (Å²) in [7, 11) is 0. The Morgan fingerprint density at radius 3 is 2.07 bits per heavy atom. The molecule has 1 saturated carbocycles. The molecule has 1 saturated heterocycles. The fourth-order valence-corrected chi connectivity index (χ4v) is 3.40. The lowest BCUT2D eigenvalue weighted by molar-refractivity contribution is -0.141. The summed E-state index contributed by atoms with van der Waals surface area (Å²) in [4.78, 5) is 41.2. The van der Waals surface area contributed by atoms with Crippen LogP contribution in [0.4, 0.5) is 0 Å². The Morgan fingerprint density at radius 2 is 1.56 bits per heavy atom. The van der Waals surface area contributed by atoms with E-state index in [9.17, 15) is 14.4 Å². The second kappa shape index (κ2) is 8.30. The van der Waals surface area contributed by atoms with Crippen LogP contribution in [0.5, 0.6) is 0 Å². The number of hydrogen-bond donors (Lipinski definition) is 1. The Balaban J connectivity index is 1.59. The number of nitrogens with zero attached hydrogens (tertiary/aromatic N) is 2. The van der Waals surface area contributed by atoms with Crippen molar-refractivity contribution in [1.82, 2.24) is 15.1 Å². The van der Waals surface area contributed by atoms with Crippen molar-refractivity contribution in [2.75, 3.05) is 26.2 Å². The van der Waals surface area contributed by atoms with Gasteiger partial charge in [0, 0.05) is 42.7 Å². The largest absolute Gasteiger partial charge is 0.340 e. The highest BCUT2D eigenvalue weighted by Crippen LogP contribution is 2.31. The molecule has 1 aliphatic carbocycles. The Labute approximate surface area is 164 Å². The Bertz CT molecular complexity index is 708. The van der Waals surface area contributed by atoms with Gasteiger partial charge in [-0.25, -0.2) is 0 Å². The van der Waals surface area contributed by atoms with Crippen LogP contribution in [0.15, 0.2) is 24.3 Å². The van der Waals surface area contributed by atoms with Gasteiger partial charge in [-0.2, -0.15) is 0 Å². The fraction of sp³-hybridized carbons (Fsp3) is 0.550. The van der Waals surface area contributed by atoms with Gasteiger partial charge in [-0.3, -0.25) is 14.4 Å². The number of benzene rings is 1. The van der Waals surface area contributed by atoms with Crippen LogP contribution in [-0.4, -0.2) is 59.7 Å². The third-order valence-corrected chi connectivity index (χ3v) is 5.41. The highest BCUT2D eigenvalue weighted by molar-refractivity contribution is 6.30. The number of hydrogen-bond acceptors (Lipinski definition) is 3. The molecule has 1 aromatic carbocycles. The number of carbonyl (C=O) groups excluding carboxylic acids is 3. The monoisotopic (exact) mass is 391 g/mol. The molecular formula is C20H26ClN3O3. The van der Waals surface area contributed by atoms with Crippen LogP contribution < -0.4 is 5.32 Å². The maximum atomic E-state index is 13.0. The molecule has 1 aromatic rings. The first-order valence-electron chi connectivity index (χ1n) is 9.51. The number of nitrogens with one attached hydrogen (secondary N) is 1. The molecular weight excluding hydrogens is 366 g/mol. The van der Waals surface area contributed by atoms with Crippen molar-refractivity contribution < 1.29 is 14.4 Å². The summed E-state index contributed by atoms with van der Waals surface area (Å²) in [6, 6.07) is 5.99. The molecule has 1 N–H and O–H groups in total. The van der Waals surface area contributed by atoms with Crippen LogP contribution in [0.3, 0.4) is 0 Å². The van der Waals surface area contributed by atoms with E-state index in [-0.39, 0.29) is 29.6 Å². The summed E-state index contributed by atoms with van der Waals surface area (Å²) in [6.45, 7) is 5.98. The van der Waals surface area contributed by atoms with Crippen molar-refractivity contribution in [3.8, 4) is 0 Å². The molecule has 1 atom stereocenters. The van der Waals surface area contributed by atoms with Gasteiger partial charge in [0.1, 0.15) is 6.04 Å². The zero-order valence-electron chi connectivity index (χ0n) is 15.8. The lowest BCUT2D eigenvalue weighted by Crippen LogP contribution is -2.57. The molecule has 0 bridgehead atoms. The van der Waals surface area contributed by atoms with Gasteiger partial charge >= 0.3 is 0 Å². The second-order valence-corrected chi connectivity index (χ2v) is 8.06. The van der Waals surface area contributed by atoms with Crippen LogP contribution in [-0.2, 0) is 9.59 Å². The molecule has 2 aliphatic rings. The van der Waals surface area contributed by atoms with E-state index in [4.69, 9.17) is 11.6 Å². The molecule has 1 unspecified atom stereocenters. The minimum absolute atomic E-state index is 0.0418. The van der Waals surface area contributed by atoms with E-state index >= 15 is 0 Å². The van der Waals surface area contributed by atoms with Gasteiger partial charge in [-0.1, -0.05) is 25.4 Å². The van der Waals surface area contributed by atoms with Gasteiger partial charge in [0.15, 0.2) is 0 Å². The van der Waals surface area contributed by atoms with Gasteiger partial charge < -0.3 is 15.1 Å². The van der Waals surface area contributed by atoms with E-state index in [1.54, 1.807) is 29.2 Å². The first-order valence-corrected chi connectivity index (χ1v) is 9.88. The van der Waals surface area contributed by atoms with Crippen molar-refractivity contribution in [2.24, 2.45) is 11.8 Å². The molecule has 3 rings (SSSR count). The van der Waals surface area contributed by atoms with Crippen LogP contribution in [0, 0.1) is 11.8 Å². The number of piperazine rings is 1. The molecule has 146 valence electrons. The number of rotatable bonds is 5. The Hall–Kier alpha value is -2.08. The predicted molar refractivity (Wildman–Crippen MR) is 103 cm³/mol. The summed E-state index contributed by atoms with van der Waals surface area (Å²) in [5.74, 6) is -0.000137. The average Bonchev–Trinajstić information content (AvgIpc) is 3.50. The van der Waals surface area contributed by atoms with Gasteiger partial charge in [0.25, 0.3) is 5.91 Å². The first-order chi connectivity index (χ1) is 12.9. The van der Waals surface area contributed by atoms with Crippen LogP contribution in [0.2, 0.25) is 5.02 Å². The summed E-state index contributed by atoms with van der Waals surface area (Å²) in [5.41, 5.74) is 0.470. The van der Waals surface area contributed by atoms with E-state index < -0.39 is 6.04 Å². The van der Waals surface area contributed by atoms with E-state index in [1.807, 2.05) is 18.7 Å². The van der Waals surface area contributed by atoms with Crippen molar-refractivity contribution in [1.29, 1.82) is 0 Å². The van der Waals surface area contributed by atoms with Crippen LogP contribution in [0.25, 0.3) is 0 Å². The molecule has 6 nitrogen and oxygen atoms in total. The van der Waals surface area contributed by atoms with E-state index in [0.717, 1.165) is 12.8 Å². The maximum absolute atomic E-state index is 13.0. The number of carbonyl (C=O) groups is 3. The van der Waals surface area contributed by atoms with Crippen molar-refractivity contribution in [3.05, 3.63) is 34.9 Å². The highest BCUT2D eigenvalue weighted by Gasteiger charge is 2.36. The Kier molecular flexibility index (Phi) is 6.05. The minimum Gasteiger partial charge on any atom is -0.340 e. The van der Waals surface area contributed by atoms with E-state index in [0.29, 0.717) is 36.8 Å². The molecule has 1 aliphatic heterocycles. The summed E-state index contributed by atoms with van der Waals surface area (Å²) >= 11 is 5.86. The van der Waals surface area contributed by atoms with Crippen molar-refractivity contribution in [3.63, 3.8) is 0 Å². The lowest BCUT2D eigenvalue weighted by atomic mass is 10.0. The predicted octanol–water partition coefficient (Wildman–Crippen LogP) is 2.18. The summed E-state index contributed by atoms with van der Waals surface area (Å²) in [5, 5.41) is 3.41. The zero-order valence-corrected chi connectivity index (χ0v) is 16.5. The van der Waals surface area contributed by atoms with Gasteiger partial charge in [0.2, 0.25) is 11.8 Å². The fourth-order valence-electron chi connectivity index (χ4n) is 3.27. The summed E-state index contributed by atoms with van der Waals surface area (Å²) in [6.07, 6.45) is 1.98. The molecule has 7 heteroatoms. The second-order valence-electron chi connectivity index (χ2n) is 7.63. The topological polar surface area (TPSA) is 69.7 Å². The molecule has 0 spiro atoms. The number of amides is 3. The molecule has 1 heterocycles. The van der Waals surface area contributed by atoms with Crippen LogP contribution >= 0.6 is 11.6 Å². The molecule has 0 aromatic heterocycles. The smallest absolute Gasteiger partial charge is 0.251 e. The van der Waals surface area contributed by atoms with Gasteiger partial charge in [-0.05, 0) is 43.0 Å². The number of halogens is 1. The minimum atomic E-state index is -0.598. The standard InChI is InChI=1S/C20H26ClN3O3/c1-13(2)17(22-18(25)14-5-7-16(21)8-6-14)20(27)24-11-9-23(10-12-24)19(26)15-3-4-15/h5-8,13,15,17H,3-4,9-12H2,1-2H3,(H,22,25). The van der Waals surface area contributed by atoms with Crippen LogP contribution in [0.1, 0.15) is 37.0 Å². The molecule has 27 heavy (non-hydrogen) atoms. The molecule has 2 fully saturated rings. The zero-order chi connectivity index (χ0) is 19.6. The van der Waals surface area contributed by atoms with E-state index in [2.05, 4.69) is 5.32 Å². The van der Waals surface area contributed by atoms with Gasteiger partial charge in [-0.15, -0.1) is 0 Å². The average molecular weight is 392 g/mol. The van der Waals surface area contributed by atoms with Crippen molar-refractivity contribution >= 4 is 29.3 Å². The third-order valence-electron chi connectivity index (χ3n) is 5.16. The van der Waals surface area contributed by atoms with Crippen molar-refractivity contribution in [2.45, 2.75) is 32.7 Å².